The molecule has 3 N–H and O–H groups in total. The number of likely N-dealkylation sites (tertiary alicyclic amines) is 1. The van der Waals surface area contributed by atoms with Crippen LogP contribution in [0.2, 0.25) is 0 Å². The molecule has 2 aliphatic heterocycles. The first-order chi connectivity index (χ1) is 18.9. The Bertz CT molecular complexity index is 1480. The fraction of sp³-hybridized carbons (Fsp3) is 0.400. The van der Waals surface area contributed by atoms with Crippen LogP contribution in [0.15, 0.2) is 53.7 Å². The van der Waals surface area contributed by atoms with Crippen LogP contribution in [-0.2, 0) is 23.1 Å². The van der Waals surface area contributed by atoms with E-state index in [9.17, 15) is 25.2 Å². The number of nitrogens with one attached hydrogen (secondary N) is 2. The summed E-state index contributed by atoms with van der Waals surface area (Å²) >= 11 is -5.26. The van der Waals surface area contributed by atoms with Crippen molar-refractivity contribution in [2.24, 2.45) is 0 Å². The highest BCUT2D eigenvalue weighted by Crippen LogP contribution is 2.60. The second-order valence-corrected chi connectivity index (χ2v) is 13.1. The minimum Gasteiger partial charge on any atom is -0.374 e. The molecule has 3 atom stereocenters. The normalized spacial score (nSPS) is 21.6. The van der Waals surface area contributed by atoms with E-state index in [1.165, 1.54) is 24.4 Å². The van der Waals surface area contributed by atoms with Gasteiger partial charge in [0.05, 0.1) is 16.8 Å². The highest BCUT2D eigenvalue weighted by molar-refractivity contribution is 8.20. The fourth-order valence-corrected chi connectivity index (χ4v) is 6.16. The maximum absolute atomic E-state index is 12.9. The molecule has 0 spiro atoms. The topological polar surface area (TPSA) is 124 Å². The number of benzene rings is 1. The van der Waals surface area contributed by atoms with E-state index < -0.39 is 32.3 Å². The third kappa shape index (κ3) is 6.66. The van der Waals surface area contributed by atoms with Gasteiger partial charge < -0.3 is 10.4 Å². The lowest BCUT2D eigenvalue weighted by atomic mass is 9.96. The summed E-state index contributed by atoms with van der Waals surface area (Å²) in [7, 11) is -3.48. The van der Waals surface area contributed by atoms with Crippen LogP contribution >= 0.6 is 11.2 Å². The molecule has 4 heterocycles. The molecule has 1 fully saturated rings. The van der Waals surface area contributed by atoms with Gasteiger partial charge in [-0.15, -0.1) is 11.7 Å². The molecule has 1 unspecified atom stereocenters. The van der Waals surface area contributed by atoms with Gasteiger partial charge in [-0.1, -0.05) is 0 Å². The minimum atomic E-state index is -5.26. The minimum absolute atomic E-state index is 0.0572. The number of aromatic nitrogens is 3. The summed E-state index contributed by atoms with van der Waals surface area (Å²) in [5.41, 5.74) is 2.94. The Morgan fingerprint density at radius 2 is 1.85 bits per heavy atom. The van der Waals surface area contributed by atoms with Crippen LogP contribution in [0.25, 0.3) is 0 Å². The molecule has 3 aromatic rings. The Labute approximate surface area is 232 Å². The number of hydrogen-bond donors (Lipinski definition) is 3. The number of piperidine rings is 1. The molecular formula is C25H30F3N7O3S2. The summed E-state index contributed by atoms with van der Waals surface area (Å²) in [4.78, 5) is 16.7. The van der Waals surface area contributed by atoms with Crippen LogP contribution < -0.4 is 10.0 Å². The summed E-state index contributed by atoms with van der Waals surface area (Å²) in [6, 6.07) is 8.38. The third-order valence-electron chi connectivity index (χ3n) is 7.16. The van der Waals surface area contributed by atoms with Crippen molar-refractivity contribution in [1.29, 1.82) is 0 Å². The van der Waals surface area contributed by atoms with Crippen LogP contribution in [0.5, 0.6) is 0 Å². The molecule has 0 radical (unpaired) electrons. The molecule has 1 aromatic carbocycles. The number of nitrogens with zero attached hydrogens (tertiary/aromatic N) is 5. The van der Waals surface area contributed by atoms with Gasteiger partial charge in [0, 0.05) is 60.9 Å². The Morgan fingerprint density at radius 3 is 2.52 bits per heavy atom. The Morgan fingerprint density at radius 1 is 1.10 bits per heavy atom. The number of sulfonamides is 1. The summed E-state index contributed by atoms with van der Waals surface area (Å²) in [5, 5.41) is 14.1. The van der Waals surface area contributed by atoms with E-state index >= 15 is 0 Å². The van der Waals surface area contributed by atoms with Crippen molar-refractivity contribution >= 4 is 38.7 Å². The lowest BCUT2D eigenvalue weighted by Gasteiger charge is -2.43. The molecule has 15 heteroatoms. The van der Waals surface area contributed by atoms with E-state index in [0.29, 0.717) is 36.8 Å². The van der Waals surface area contributed by atoms with Gasteiger partial charge in [-0.2, -0.15) is 0 Å². The number of fused-ring (bicyclic) bond motifs is 1. The summed E-state index contributed by atoms with van der Waals surface area (Å²) in [5.74, 6) is 0.492. The van der Waals surface area contributed by atoms with Crippen LogP contribution in [-0.4, -0.2) is 63.2 Å². The van der Waals surface area contributed by atoms with Gasteiger partial charge in [0.15, 0.2) is 0 Å². The largest absolute Gasteiger partial charge is 0.374 e. The molecule has 0 aliphatic carbocycles. The van der Waals surface area contributed by atoms with E-state index in [0.717, 1.165) is 42.5 Å². The van der Waals surface area contributed by atoms with Crippen molar-refractivity contribution in [2.75, 3.05) is 22.8 Å². The van der Waals surface area contributed by atoms with Crippen LogP contribution in [0, 0.1) is 0 Å². The van der Waals surface area contributed by atoms with Gasteiger partial charge in [-0.25, -0.2) is 23.4 Å². The number of hydrogen-bond acceptors (Lipinski definition) is 9. The molecule has 10 nitrogen and oxygen atoms in total. The maximum atomic E-state index is 12.9. The molecule has 1 saturated heterocycles. The predicted octanol–water partition coefficient (Wildman–Crippen LogP) is 4.66. The zero-order chi connectivity index (χ0) is 28.7. The molecule has 0 bridgehead atoms. The predicted molar refractivity (Wildman–Crippen MR) is 147 cm³/mol. The first-order valence-corrected chi connectivity index (χ1v) is 15.8. The van der Waals surface area contributed by atoms with Crippen molar-refractivity contribution in [3.05, 3.63) is 65.6 Å². The first-order valence-electron chi connectivity index (χ1n) is 12.6. The molecule has 0 amide bonds. The number of anilines is 3. The lowest BCUT2D eigenvalue weighted by molar-refractivity contribution is -0.0559. The number of rotatable bonds is 8. The molecular weight excluding hydrogens is 567 g/mol. The number of aliphatic hydroxyl groups is 1. The SMILES string of the molecule is C[C@@H]1C[C@@H](N2Cc3cnc(Nc4ccc(S(F)(F)F)cc4)nc3C2)CCN1C(O)c1ccnc(NS(C)(=O)=O)c1. The summed E-state index contributed by atoms with van der Waals surface area (Å²) < 4.78 is 64.2. The van der Waals surface area contributed by atoms with E-state index in [2.05, 4.69) is 36.8 Å². The number of aliphatic hydroxyl groups excluding tert-OH is 1. The Kier molecular flexibility index (Phi) is 7.94. The van der Waals surface area contributed by atoms with E-state index in [1.807, 2.05) is 4.90 Å². The van der Waals surface area contributed by atoms with Gasteiger partial charge in [0.1, 0.15) is 12.0 Å². The number of halogens is 3. The van der Waals surface area contributed by atoms with Crippen molar-refractivity contribution < 1.29 is 25.2 Å². The van der Waals surface area contributed by atoms with Gasteiger partial charge >= 0.3 is 0 Å². The molecule has 0 saturated carbocycles. The van der Waals surface area contributed by atoms with Crippen molar-refractivity contribution in [3.63, 3.8) is 0 Å². The maximum Gasteiger partial charge on any atom is 0.237 e. The average Bonchev–Trinajstić information content (AvgIpc) is 3.31. The van der Waals surface area contributed by atoms with Crippen molar-refractivity contribution in [3.8, 4) is 0 Å². The van der Waals surface area contributed by atoms with Crippen molar-refractivity contribution in [2.45, 2.75) is 56.1 Å². The van der Waals surface area contributed by atoms with Crippen LogP contribution in [0.1, 0.15) is 42.8 Å². The van der Waals surface area contributed by atoms with Crippen LogP contribution in [0.3, 0.4) is 0 Å². The van der Waals surface area contributed by atoms with Gasteiger partial charge in [0.25, 0.3) is 0 Å². The molecule has 5 rings (SSSR count). The quantitative estimate of drug-likeness (QED) is 0.340. The van der Waals surface area contributed by atoms with E-state index in [4.69, 9.17) is 0 Å². The van der Waals surface area contributed by atoms with E-state index in [1.54, 1.807) is 12.3 Å². The average molecular weight is 598 g/mol. The Balaban J connectivity index is 1.19. The van der Waals surface area contributed by atoms with Gasteiger partial charge in [-0.05, 0) is 56.2 Å². The molecule has 2 aromatic heterocycles. The zero-order valence-corrected chi connectivity index (χ0v) is 23.5. The second-order valence-electron chi connectivity index (χ2n) is 10.1. The van der Waals surface area contributed by atoms with E-state index in [-0.39, 0.29) is 17.9 Å². The summed E-state index contributed by atoms with van der Waals surface area (Å²) in [6.07, 6.45) is 5.00. The van der Waals surface area contributed by atoms with Gasteiger partial charge in [-0.3, -0.25) is 14.5 Å². The first kappa shape index (κ1) is 28.5. The molecule has 216 valence electrons. The lowest BCUT2D eigenvalue weighted by Crippen LogP contribution is -2.48. The summed E-state index contributed by atoms with van der Waals surface area (Å²) in [6.45, 7) is 4.03. The second kappa shape index (κ2) is 11.1. The number of pyridine rings is 1. The van der Waals surface area contributed by atoms with Crippen LogP contribution in [0.4, 0.5) is 29.1 Å². The van der Waals surface area contributed by atoms with Gasteiger partial charge in [0.2, 0.25) is 27.2 Å². The zero-order valence-electron chi connectivity index (χ0n) is 21.8. The van der Waals surface area contributed by atoms with Crippen molar-refractivity contribution in [1.82, 2.24) is 24.8 Å². The monoisotopic (exact) mass is 597 g/mol. The molecule has 40 heavy (non-hydrogen) atoms. The fourth-order valence-electron chi connectivity index (χ4n) is 5.22. The third-order valence-corrected chi connectivity index (χ3v) is 8.55. The smallest absolute Gasteiger partial charge is 0.237 e. The highest BCUT2D eigenvalue weighted by Gasteiger charge is 2.35. The Hall–Kier alpha value is -2.98. The standard InChI is InChI=1S/C25H30F3N7O3S2/c1-16-11-20(8-10-35(16)24(36)17-7-9-29-23(12-17)33-39(2,37)38)34-14-18-13-30-25(32-22(18)15-34)31-19-3-5-21(6-4-19)40(26,27)28/h3-7,9,12-13,16,20,24,36H,8,10-11,14-15H2,1-2H3,(H,29,33)(H,30,31,32)/t16-,20+,24?/m1/s1. The highest BCUT2D eigenvalue weighted by atomic mass is 32.3. The molecule has 2 aliphatic rings.